The number of aryl methyl sites for hydroxylation is 1. The zero-order valence-corrected chi connectivity index (χ0v) is 15.1. The van der Waals surface area contributed by atoms with Crippen molar-refractivity contribution in [3.8, 4) is 0 Å². The van der Waals surface area contributed by atoms with Crippen LogP contribution in [-0.4, -0.2) is 63.9 Å². The van der Waals surface area contributed by atoms with Crippen molar-refractivity contribution in [2.45, 2.75) is 44.8 Å². The van der Waals surface area contributed by atoms with Crippen LogP contribution in [0.5, 0.6) is 0 Å². The van der Waals surface area contributed by atoms with E-state index in [4.69, 9.17) is 4.74 Å². The number of carbonyl (C=O) groups is 1. The van der Waals surface area contributed by atoms with E-state index in [9.17, 15) is 4.79 Å². The summed E-state index contributed by atoms with van der Waals surface area (Å²) in [5.74, 6) is 0.761. The highest BCUT2D eigenvalue weighted by Gasteiger charge is 2.24. The van der Waals surface area contributed by atoms with Crippen LogP contribution < -0.4 is 10.6 Å². The van der Waals surface area contributed by atoms with Crippen LogP contribution in [-0.2, 0) is 4.74 Å². The van der Waals surface area contributed by atoms with E-state index >= 15 is 0 Å². The van der Waals surface area contributed by atoms with E-state index in [-0.39, 0.29) is 12.1 Å². The maximum absolute atomic E-state index is 12.3. The lowest BCUT2D eigenvalue weighted by atomic mass is 10.1. The van der Waals surface area contributed by atoms with Crippen molar-refractivity contribution in [1.82, 2.24) is 24.8 Å². The van der Waals surface area contributed by atoms with Gasteiger partial charge >= 0.3 is 6.03 Å². The molecular formula is C18H26N6O2. The number of fused-ring (bicyclic) bond motifs is 1. The number of likely N-dealkylation sites (tertiary alicyclic amines) is 1. The Morgan fingerprint density at radius 2 is 2.19 bits per heavy atom. The van der Waals surface area contributed by atoms with Crippen LogP contribution in [0.15, 0.2) is 18.3 Å². The molecule has 2 aromatic rings. The van der Waals surface area contributed by atoms with Gasteiger partial charge in [-0.2, -0.15) is 5.10 Å². The number of anilines is 1. The van der Waals surface area contributed by atoms with Gasteiger partial charge in [0.25, 0.3) is 0 Å². The van der Waals surface area contributed by atoms with Gasteiger partial charge in [-0.1, -0.05) is 0 Å². The molecule has 0 saturated carbocycles. The minimum Gasteiger partial charge on any atom is -0.379 e. The number of rotatable bonds is 4. The molecule has 1 atom stereocenters. The quantitative estimate of drug-likeness (QED) is 0.871. The molecule has 8 heteroatoms. The van der Waals surface area contributed by atoms with Crippen molar-refractivity contribution in [2.75, 3.05) is 31.6 Å². The molecule has 0 spiro atoms. The standard InChI is InChI=1S/C18H26N6O2/c1-13-20-17-16(5-2-8-24(17)22-13)21-14-6-9-23(10-7-14)18(25)19-12-15-4-3-11-26-15/h2,5,8,14-15,21H,3-4,6-7,9-12H2,1H3,(H,19,25)/t15-/m0/s1. The molecule has 2 amide bonds. The Morgan fingerprint density at radius 1 is 1.35 bits per heavy atom. The van der Waals surface area contributed by atoms with E-state index in [1.54, 1.807) is 4.52 Å². The van der Waals surface area contributed by atoms with Gasteiger partial charge in [0, 0.05) is 38.5 Å². The van der Waals surface area contributed by atoms with E-state index < -0.39 is 0 Å². The minimum atomic E-state index is 0.0223. The van der Waals surface area contributed by atoms with E-state index in [1.165, 1.54) is 0 Å². The highest BCUT2D eigenvalue weighted by atomic mass is 16.5. The van der Waals surface area contributed by atoms with Gasteiger partial charge in [0.15, 0.2) is 5.65 Å². The smallest absolute Gasteiger partial charge is 0.317 e. The lowest BCUT2D eigenvalue weighted by Gasteiger charge is -2.33. The van der Waals surface area contributed by atoms with Gasteiger partial charge in [-0.3, -0.25) is 0 Å². The number of piperidine rings is 1. The predicted octanol–water partition coefficient (Wildman–Crippen LogP) is 1.80. The zero-order chi connectivity index (χ0) is 17.9. The molecule has 0 unspecified atom stereocenters. The molecule has 4 rings (SSSR count). The average molecular weight is 358 g/mol. The Balaban J connectivity index is 1.28. The number of amides is 2. The molecular weight excluding hydrogens is 332 g/mol. The molecule has 2 aliphatic heterocycles. The maximum atomic E-state index is 12.3. The fourth-order valence-electron chi connectivity index (χ4n) is 3.69. The largest absolute Gasteiger partial charge is 0.379 e. The lowest BCUT2D eigenvalue weighted by molar-refractivity contribution is 0.108. The molecule has 2 saturated heterocycles. The summed E-state index contributed by atoms with van der Waals surface area (Å²) in [5.41, 5.74) is 1.84. The Morgan fingerprint density at radius 3 is 2.96 bits per heavy atom. The third-order valence-corrected chi connectivity index (χ3v) is 5.11. The summed E-state index contributed by atoms with van der Waals surface area (Å²) in [4.78, 5) is 18.7. The topological polar surface area (TPSA) is 83.8 Å². The molecule has 0 aliphatic carbocycles. The van der Waals surface area contributed by atoms with Crippen molar-refractivity contribution in [1.29, 1.82) is 0 Å². The maximum Gasteiger partial charge on any atom is 0.317 e. The van der Waals surface area contributed by atoms with Gasteiger partial charge in [0.1, 0.15) is 5.82 Å². The number of nitrogens with zero attached hydrogens (tertiary/aromatic N) is 4. The third-order valence-electron chi connectivity index (χ3n) is 5.11. The first-order valence-corrected chi connectivity index (χ1v) is 9.42. The Labute approximate surface area is 152 Å². The average Bonchev–Trinajstić information content (AvgIpc) is 3.29. The van der Waals surface area contributed by atoms with Crippen LogP contribution in [0.4, 0.5) is 10.5 Å². The molecule has 26 heavy (non-hydrogen) atoms. The Bertz CT molecular complexity index is 762. The first-order valence-electron chi connectivity index (χ1n) is 9.42. The minimum absolute atomic E-state index is 0.0223. The number of hydrogen-bond acceptors (Lipinski definition) is 5. The third kappa shape index (κ3) is 3.75. The molecule has 140 valence electrons. The lowest BCUT2D eigenvalue weighted by Crippen LogP contribution is -2.48. The van der Waals surface area contributed by atoms with Crippen LogP contribution >= 0.6 is 0 Å². The second kappa shape index (κ2) is 7.49. The summed E-state index contributed by atoms with van der Waals surface area (Å²) in [6.07, 6.45) is 6.06. The highest BCUT2D eigenvalue weighted by molar-refractivity contribution is 5.74. The summed E-state index contributed by atoms with van der Waals surface area (Å²) in [6.45, 7) is 4.83. The summed E-state index contributed by atoms with van der Waals surface area (Å²) in [5, 5.41) is 10.9. The second-order valence-corrected chi connectivity index (χ2v) is 7.08. The van der Waals surface area contributed by atoms with E-state index in [1.807, 2.05) is 30.2 Å². The number of pyridine rings is 1. The molecule has 0 bridgehead atoms. The van der Waals surface area contributed by atoms with Crippen molar-refractivity contribution in [2.24, 2.45) is 0 Å². The zero-order valence-electron chi connectivity index (χ0n) is 15.1. The number of hydrogen-bond donors (Lipinski definition) is 2. The number of nitrogens with one attached hydrogen (secondary N) is 2. The van der Waals surface area contributed by atoms with Gasteiger partial charge in [0.2, 0.25) is 0 Å². The molecule has 4 heterocycles. The van der Waals surface area contributed by atoms with Gasteiger partial charge in [-0.15, -0.1) is 0 Å². The predicted molar refractivity (Wildman–Crippen MR) is 98.3 cm³/mol. The Hall–Kier alpha value is -2.35. The SMILES string of the molecule is Cc1nc2c(NC3CCN(C(=O)NC[C@@H]4CCCO4)CC3)cccn2n1. The number of carbonyl (C=O) groups excluding carboxylic acids is 1. The molecule has 0 aromatic carbocycles. The number of urea groups is 1. The monoisotopic (exact) mass is 358 g/mol. The van der Waals surface area contributed by atoms with Gasteiger partial charge in [0.05, 0.1) is 11.8 Å². The molecule has 8 nitrogen and oxygen atoms in total. The Kier molecular flexibility index (Phi) is 4.92. The van der Waals surface area contributed by atoms with Crippen LogP contribution in [0, 0.1) is 6.92 Å². The number of ether oxygens (including phenoxy) is 1. The van der Waals surface area contributed by atoms with Crippen molar-refractivity contribution in [3.63, 3.8) is 0 Å². The second-order valence-electron chi connectivity index (χ2n) is 7.08. The van der Waals surface area contributed by atoms with E-state index in [2.05, 4.69) is 20.7 Å². The number of aromatic nitrogens is 3. The van der Waals surface area contributed by atoms with Gasteiger partial charge < -0.3 is 20.3 Å². The summed E-state index contributed by atoms with van der Waals surface area (Å²) in [6, 6.07) is 4.36. The summed E-state index contributed by atoms with van der Waals surface area (Å²) in [7, 11) is 0. The van der Waals surface area contributed by atoms with Gasteiger partial charge in [-0.05, 0) is 44.7 Å². The normalized spacial score (nSPS) is 21.3. The van der Waals surface area contributed by atoms with Gasteiger partial charge in [-0.25, -0.2) is 14.3 Å². The molecule has 2 aliphatic rings. The van der Waals surface area contributed by atoms with Crippen LogP contribution in [0.3, 0.4) is 0 Å². The van der Waals surface area contributed by atoms with E-state index in [0.717, 1.165) is 62.5 Å². The first kappa shape index (κ1) is 17.1. The van der Waals surface area contributed by atoms with Crippen LogP contribution in [0.25, 0.3) is 5.65 Å². The highest BCUT2D eigenvalue weighted by Crippen LogP contribution is 2.20. The fraction of sp³-hybridized carbons (Fsp3) is 0.611. The van der Waals surface area contributed by atoms with Crippen LogP contribution in [0.1, 0.15) is 31.5 Å². The molecule has 2 aromatic heterocycles. The summed E-state index contributed by atoms with van der Waals surface area (Å²) < 4.78 is 7.35. The molecule has 2 fully saturated rings. The van der Waals surface area contributed by atoms with Crippen molar-refractivity contribution in [3.05, 3.63) is 24.2 Å². The molecule has 2 N–H and O–H groups in total. The van der Waals surface area contributed by atoms with Crippen molar-refractivity contribution >= 4 is 17.4 Å². The van der Waals surface area contributed by atoms with E-state index in [0.29, 0.717) is 12.6 Å². The summed E-state index contributed by atoms with van der Waals surface area (Å²) >= 11 is 0. The van der Waals surface area contributed by atoms with Crippen LogP contribution in [0.2, 0.25) is 0 Å². The molecule has 0 radical (unpaired) electrons. The van der Waals surface area contributed by atoms with Crippen molar-refractivity contribution < 1.29 is 9.53 Å². The fourth-order valence-corrected chi connectivity index (χ4v) is 3.69. The first-order chi connectivity index (χ1) is 12.7.